The average Bonchev–Trinajstić information content (AvgIpc) is 3.07. The van der Waals surface area contributed by atoms with Gasteiger partial charge in [0.25, 0.3) is 5.91 Å². The van der Waals surface area contributed by atoms with E-state index in [0.29, 0.717) is 17.3 Å². The van der Waals surface area contributed by atoms with Crippen LogP contribution in [0.5, 0.6) is 0 Å². The van der Waals surface area contributed by atoms with E-state index in [0.717, 1.165) is 12.8 Å². The minimum atomic E-state index is -0.177. The normalized spacial score (nSPS) is 16.9. The van der Waals surface area contributed by atoms with Gasteiger partial charge in [-0.15, -0.1) is 0 Å². The number of hydrogen-bond donors (Lipinski definition) is 2. The van der Waals surface area contributed by atoms with Crippen molar-refractivity contribution >= 4 is 17.5 Å². The fourth-order valence-electron chi connectivity index (χ4n) is 1.48. The summed E-state index contributed by atoms with van der Waals surface area (Å²) >= 11 is 5.69. The van der Waals surface area contributed by atoms with Crippen molar-refractivity contribution in [3.05, 3.63) is 29.0 Å². The summed E-state index contributed by atoms with van der Waals surface area (Å²) in [4.78, 5) is 15.5. The second-order valence-electron chi connectivity index (χ2n) is 4.21. The number of hydrogen-bond acceptors (Lipinski definition) is 3. The minimum absolute atomic E-state index is 0.0769. The van der Waals surface area contributed by atoms with Crippen molar-refractivity contribution in [3.63, 3.8) is 0 Å². The van der Waals surface area contributed by atoms with E-state index in [-0.39, 0.29) is 17.9 Å². The smallest absolute Gasteiger partial charge is 0.251 e. The predicted octanol–water partition coefficient (Wildman–Crippen LogP) is 1.24. The standard InChI is InChI=1S/C11H13ClN2O2/c12-9-5-8(1-4-13-9)10(16)14-6-11(7-15)2-3-11/h1,4-5,15H,2-3,6-7H2,(H,14,16). The number of nitrogens with zero attached hydrogens (tertiary/aromatic N) is 1. The second kappa shape index (κ2) is 4.39. The minimum Gasteiger partial charge on any atom is -0.396 e. The molecule has 0 aliphatic heterocycles. The Morgan fingerprint density at radius 2 is 2.38 bits per heavy atom. The Hall–Kier alpha value is -1.13. The molecule has 4 nitrogen and oxygen atoms in total. The van der Waals surface area contributed by atoms with E-state index in [9.17, 15) is 4.79 Å². The molecule has 0 atom stereocenters. The lowest BCUT2D eigenvalue weighted by Gasteiger charge is -2.12. The van der Waals surface area contributed by atoms with Gasteiger partial charge in [0.15, 0.2) is 0 Å². The third-order valence-corrected chi connectivity index (χ3v) is 3.11. The van der Waals surface area contributed by atoms with E-state index >= 15 is 0 Å². The topological polar surface area (TPSA) is 62.2 Å². The molecule has 1 amide bonds. The molecule has 1 aliphatic carbocycles. The highest BCUT2D eigenvalue weighted by molar-refractivity contribution is 6.29. The fraction of sp³-hybridized carbons (Fsp3) is 0.455. The van der Waals surface area contributed by atoms with Crippen molar-refractivity contribution in [2.75, 3.05) is 13.2 Å². The highest BCUT2D eigenvalue weighted by Crippen LogP contribution is 2.44. The Labute approximate surface area is 98.6 Å². The molecule has 1 fully saturated rings. The summed E-state index contributed by atoms with van der Waals surface area (Å²) in [6.07, 6.45) is 3.44. The lowest BCUT2D eigenvalue weighted by molar-refractivity contribution is 0.0935. The molecule has 0 aromatic carbocycles. The molecule has 2 N–H and O–H groups in total. The van der Waals surface area contributed by atoms with Gasteiger partial charge in [-0.25, -0.2) is 4.98 Å². The molecule has 0 bridgehead atoms. The molecule has 0 spiro atoms. The van der Waals surface area contributed by atoms with Crippen LogP contribution in [0, 0.1) is 5.41 Å². The van der Waals surface area contributed by atoms with Gasteiger partial charge in [-0.3, -0.25) is 4.79 Å². The molecule has 0 unspecified atom stereocenters. The van der Waals surface area contributed by atoms with E-state index in [4.69, 9.17) is 16.7 Å². The zero-order valence-electron chi connectivity index (χ0n) is 8.74. The number of carbonyl (C=O) groups is 1. The van der Waals surface area contributed by atoms with Crippen molar-refractivity contribution < 1.29 is 9.90 Å². The number of aliphatic hydroxyl groups excluding tert-OH is 1. The molecule has 86 valence electrons. The maximum Gasteiger partial charge on any atom is 0.251 e. The van der Waals surface area contributed by atoms with Gasteiger partial charge in [-0.2, -0.15) is 0 Å². The number of carbonyl (C=O) groups excluding carboxylic acids is 1. The highest BCUT2D eigenvalue weighted by Gasteiger charge is 2.42. The van der Waals surface area contributed by atoms with Crippen molar-refractivity contribution in [2.24, 2.45) is 5.41 Å². The molecule has 1 aliphatic rings. The highest BCUT2D eigenvalue weighted by atomic mass is 35.5. The first kappa shape index (κ1) is 11.4. The summed E-state index contributed by atoms with van der Waals surface area (Å²) in [6.45, 7) is 0.645. The van der Waals surface area contributed by atoms with Crippen molar-refractivity contribution in [1.82, 2.24) is 10.3 Å². The number of pyridine rings is 1. The van der Waals surface area contributed by atoms with Crippen LogP contribution in [0.15, 0.2) is 18.3 Å². The van der Waals surface area contributed by atoms with Crippen LogP contribution < -0.4 is 5.32 Å². The first-order valence-corrected chi connectivity index (χ1v) is 5.54. The second-order valence-corrected chi connectivity index (χ2v) is 4.60. The molecule has 1 aromatic rings. The molecule has 1 aromatic heterocycles. The molecular formula is C11H13ClN2O2. The summed E-state index contributed by atoms with van der Waals surface area (Å²) < 4.78 is 0. The zero-order chi connectivity index (χ0) is 11.6. The average molecular weight is 241 g/mol. The quantitative estimate of drug-likeness (QED) is 0.779. The van der Waals surface area contributed by atoms with E-state index < -0.39 is 0 Å². The van der Waals surface area contributed by atoms with Gasteiger partial charge in [0, 0.05) is 23.7 Å². The number of aromatic nitrogens is 1. The van der Waals surface area contributed by atoms with Crippen LogP contribution in [0.4, 0.5) is 0 Å². The Morgan fingerprint density at radius 1 is 1.62 bits per heavy atom. The predicted molar refractivity (Wildman–Crippen MR) is 60.3 cm³/mol. The van der Waals surface area contributed by atoms with Gasteiger partial charge in [-0.1, -0.05) is 11.6 Å². The van der Waals surface area contributed by atoms with E-state index in [1.807, 2.05) is 0 Å². The van der Waals surface area contributed by atoms with Crippen LogP contribution in [0.1, 0.15) is 23.2 Å². The largest absolute Gasteiger partial charge is 0.396 e. The number of amides is 1. The van der Waals surface area contributed by atoms with Crippen LogP contribution in [0.2, 0.25) is 5.15 Å². The van der Waals surface area contributed by atoms with Gasteiger partial charge in [0.1, 0.15) is 5.15 Å². The van der Waals surface area contributed by atoms with Gasteiger partial charge < -0.3 is 10.4 Å². The fourth-order valence-corrected chi connectivity index (χ4v) is 1.66. The van der Waals surface area contributed by atoms with Crippen molar-refractivity contribution in [2.45, 2.75) is 12.8 Å². The van der Waals surface area contributed by atoms with Crippen molar-refractivity contribution in [1.29, 1.82) is 0 Å². The van der Waals surface area contributed by atoms with Crippen LogP contribution in [0.3, 0.4) is 0 Å². The van der Waals surface area contributed by atoms with Crippen LogP contribution in [-0.2, 0) is 0 Å². The summed E-state index contributed by atoms with van der Waals surface area (Å²) in [7, 11) is 0. The monoisotopic (exact) mass is 240 g/mol. The van der Waals surface area contributed by atoms with E-state index in [1.54, 1.807) is 6.07 Å². The Kier molecular flexibility index (Phi) is 3.12. The SMILES string of the molecule is O=C(NCC1(CO)CC1)c1ccnc(Cl)c1. The maximum absolute atomic E-state index is 11.7. The van der Waals surface area contributed by atoms with E-state index in [1.165, 1.54) is 12.3 Å². The molecule has 1 heterocycles. The summed E-state index contributed by atoms with van der Waals surface area (Å²) in [6, 6.07) is 3.13. The number of rotatable bonds is 4. The lowest BCUT2D eigenvalue weighted by atomic mass is 10.1. The molecule has 0 radical (unpaired) electrons. The van der Waals surface area contributed by atoms with Crippen LogP contribution in [0.25, 0.3) is 0 Å². The van der Waals surface area contributed by atoms with Gasteiger partial charge >= 0.3 is 0 Å². The summed E-state index contributed by atoms with van der Waals surface area (Å²) in [5, 5.41) is 12.2. The molecule has 2 rings (SSSR count). The van der Waals surface area contributed by atoms with E-state index in [2.05, 4.69) is 10.3 Å². The molecular weight excluding hydrogens is 228 g/mol. The first-order chi connectivity index (χ1) is 7.65. The van der Waals surface area contributed by atoms with Crippen LogP contribution >= 0.6 is 11.6 Å². The van der Waals surface area contributed by atoms with Crippen LogP contribution in [-0.4, -0.2) is 29.1 Å². The summed E-state index contributed by atoms with van der Waals surface area (Å²) in [5.41, 5.74) is 0.417. The number of nitrogens with one attached hydrogen (secondary N) is 1. The molecule has 16 heavy (non-hydrogen) atoms. The van der Waals surface area contributed by atoms with Gasteiger partial charge in [-0.05, 0) is 25.0 Å². The van der Waals surface area contributed by atoms with Gasteiger partial charge in [0.2, 0.25) is 0 Å². The summed E-state index contributed by atoms with van der Waals surface area (Å²) in [5.74, 6) is -0.177. The molecule has 5 heteroatoms. The maximum atomic E-state index is 11.7. The number of aliphatic hydroxyl groups is 1. The zero-order valence-corrected chi connectivity index (χ0v) is 9.50. The Morgan fingerprint density at radius 3 is 2.94 bits per heavy atom. The lowest BCUT2D eigenvalue weighted by Crippen LogP contribution is -2.31. The van der Waals surface area contributed by atoms with Gasteiger partial charge in [0.05, 0.1) is 6.61 Å². The third kappa shape index (κ3) is 2.51. The third-order valence-electron chi connectivity index (χ3n) is 2.91. The molecule has 1 saturated carbocycles. The molecule has 0 saturated heterocycles. The Balaban J connectivity index is 1.93. The van der Waals surface area contributed by atoms with Crippen molar-refractivity contribution in [3.8, 4) is 0 Å². The first-order valence-electron chi connectivity index (χ1n) is 5.16. The Bertz CT molecular complexity index is 405. The number of halogens is 1.